The van der Waals surface area contributed by atoms with Gasteiger partial charge in [-0.3, -0.25) is 4.57 Å². The minimum atomic E-state index is -2.50. The van der Waals surface area contributed by atoms with E-state index < -0.39 is 7.52 Å². The molecule has 0 aliphatic carbocycles. The van der Waals surface area contributed by atoms with Crippen LogP contribution >= 0.6 is 7.52 Å². The number of nitrogens with zero attached hydrogens (tertiary/aromatic N) is 1. The van der Waals surface area contributed by atoms with Crippen molar-refractivity contribution in [3.63, 3.8) is 0 Å². The summed E-state index contributed by atoms with van der Waals surface area (Å²) in [5.41, 5.74) is 0.162. The lowest BCUT2D eigenvalue weighted by molar-refractivity contribution is 0.338. The Hall–Kier alpha value is 0.150. The van der Waals surface area contributed by atoms with Crippen molar-refractivity contribution in [2.24, 2.45) is 5.92 Å². The molecule has 0 spiro atoms. The van der Waals surface area contributed by atoms with Gasteiger partial charge in [-0.1, -0.05) is 33.6 Å². The standard InChI is InChI=1S/C10H22NO2P/c1-5-6-9(2)10(3)14(12,13-4)11-7-8-11/h9-10H,5-8H2,1-4H3. The highest BCUT2D eigenvalue weighted by Gasteiger charge is 2.44. The third-order valence-electron chi connectivity index (χ3n) is 3.16. The Kier molecular flexibility index (Phi) is 4.17. The summed E-state index contributed by atoms with van der Waals surface area (Å²) in [5.74, 6) is 0.478. The molecule has 3 atom stereocenters. The SMILES string of the molecule is CCCC(C)C(C)P(=O)(OC)N1CC1. The Bertz CT molecular complexity index is 228. The minimum absolute atomic E-state index is 0.162. The van der Waals surface area contributed by atoms with Crippen molar-refractivity contribution in [2.75, 3.05) is 20.2 Å². The fourth-order valence-corrected chi connectivity index (χ4v) is 4.40. The van der Waals surface area contributed by atoms with Crippen molar-refractivity contribution in [3.05, 3.63) is 0 Å². The van der Waals surface area contributed by atoms with Gasteiger partial charge in [0, 0.05) is 25.9 Å². The van der Waals surface area contributed by atoms with Crippen LogP contribution < -0.4 is 0 Å². The lowest BCUT2D eigenvalue weighted by atomic mass is 10.0. The Balaban J connectivity index is 2.63. The molecule has 0 bridgehead atoms. The first-order chi connectivity index (χ1) is 6.56. The molecule has 0 amide bonds. The molecule has 3 nitrogen and oxygen atoms in total. The second-order valence-corrected chi connectivity index (χ2v) is 7.08. The van der Waals surface area contributed by atoms with Crippen LogP contribution in [0, 0.1) is 5.92 Å². The van der Waals surface area contributed by atoms with E-state index in [9.17, 15) is 4.57 Å². The van der Waals surface area contributed by atoms with Crippen molar-refractivity contribution in [1.29, 1.82) is 0 Å². The lowest BCUT2D eigenvalue weighted by Crippen LogP contribution is -2.19. The molecule has 0 aromatic heterocycles. The second-order valence-electron chi connectivity index (χ2n) is 4.21. The van der Waals surface area contributed by atoms with E-state index in [4.69, 9.17) is 4.52 Å². The van der Waals surface area contributed by atoms with Crippen LogP contribution in [0.5, 0.6) is 0 Å². The highest BCUT2D eigenvalue weighted by atomic mass is 31.2. The molecule has 1 aliphatic heterocycles. The number of hydrogen-bond donors (Lipinski definition) is 0. The van der Waals surface area contributed by atoms with Gasteiger partial charge in [-0.2, -0.15) is 0 Å². The van der Waals surface area contributed by atoms with E-state index in [0.717, 1.165) is 25.9 Å². The number of hydrogen-bond acceptors (Lipinski definition) is 2. The molecule has 14 heavy (non-hydrogen) atoms. The van der Waals surface area contributed by atoms with Gasteiger partial charge >= 0.3 is 0 Å². The molecule has 0 N–H and O–H groups in total. The second kappa shape index (κ2) is 4.78. The van der Waals surface area contributed by atoms with Gasteiger partial charge in [0.25, 0.3) is 7.52 Å². The Morgan fingerprint density at radius 3 is 2.36 bits per heavy atom. The van der Waals surface area contributed by atoms with Gasteiger partial charge in [-0.15, -0.1) is 0 Å². The lowest BCUT2D eigenvalue weighted by Gasteiger charge is -2.28. The molecule has 1 aliphatic rings. The number of rotatable bonds is 6. The Morgan fingerprint density at radius 1 is 1.43 bits per heavy atom. The molecule has 1 saturated heterocycles. The Labute approximate surface area is 87.3 Å². The maximum absolute atomic E-state index is 12.5. The van der Waals surface area contributed by atoms with Crippen LogP contribution in [0.3, 0.4) is 0 Å². The molecular formula is C10H22NO2P. The van der Waals surface area contributed by atoms with Crippen LogP contribution in [-0.2, 0) is 9.09 Å². The fourth-order valence-electron chi connectivity index (χ4n) is 1.88. The van der Waals surface area contributed by atoms with Gasteiger partial charge in [-0.05, 0) is 5.92 Å². The molecule has 84 valence electrons. The van der Waals surface area contributed by atoms with Gasteiger partial charge in [0.15, 0.2) is 0 Å². The summed E-state index contributed by atoms with van der Waals surface area (Å²) in [5, 5.41) is 0. The molecular weight excluding hydrogens is 197 g/mol. The van der Waals surface area contributed by atoms with Gasteiger partial charge in [0.05, 0.1) is 0 Å². The smallest absolute Gasteiger partial charge is 0.275 e. The molecule has 0 aromatic rings. The van der Waals surface area contributed by atoms with Crippen molar-refractivity contribution in [2.45, 2.75) is 39.3 Å². The summed E-state index contributed by atoms with van der Waals surface area (Å²) in [7, 11) is -0.927. The normalized spacial score (nSPS) is 25.4. The van der Waals surface area contributed by atoms with E-state index in [1.807, 2.05) is 4.67 Å². The average Bonchev–Trinajstić information content (AvgIpc) is 2.99. The maximum atomic E-state index is 12.5. The van der Waals surface area contributed by atoms with E-state index in [2.05, 4.69) is 20.8 Å². The molecule has 0 radical (unpaired) electrons. The topological polar surface area (TPSA) is 29.3 Å². The van der Waals surface area contributed by atoms with Crippen LogP contribution in [0.25, 0.3) is 0 Å². The first kappa shape index (κ1) is 12.2. The van der Waals surface area contributed by atoms with E-state index in [1.165, 1.54) is 0 Å². The summed E-state index contributed by atoms with van der Waals surface area (Å²) in [6.45, 7) is 8.27. The summed E-state index contributed by atoms with van der Waals surface area (Å²) in [4.78, 5) is 0. The van der Waals surface area contributed by atoms with E-state index in [-0.39, 0.29) is 5.66 Å². The van der Waals surface area contributed by atoms with Crippen LogP contribution in [0.1, 0.15) is 33.6 Å². The zero-order valence-electron chi connectivity index (χ0n) is 9.69. The van der Waals surface area contributed by atoms with Crippen molar-refractivity contribution in [3.8, 4) is 0 Å². The van der Waals surface area contributed by atoms with Crippen molar-refractivity contribution < 1.29 is 9.09 Å². The third-order valence-corrected chi connectivity index (χ3v) is 6.41. The van der Waals surface area contributed by atoms with Crippen LogP contribution in [0.4, 0.5) is 0 Å². The first-order valence-electron chi connectivity index (χ1n) is 5.47. The monoisotopic (exact) mass is 219 g/mol. The highest BCUT2D eigenvalue weighted by molar-refractivity contribution is 7.57. The van der Waals surface area contributed by atoms with Crippen LogP contribution in [0.2, 0.25) is 0 Å². The van der Waals surface area contributed by atoms with Crippen molar-refractivity contribution in [1.82, 2.24) is 4.67 Å². The molecule has 1 rings (SSSR count). The van der Waals surface area contributed by atoms with Crippen LogP contribution in [-0.4, -0.2) is 30.5 Å². The summed E-state index contributed by atoms with van der Waals surface area (Å²) < 4.78 is 19.7. The summed E-state index contributed by atoms with van der Waals surface area (Å²) in [6, 6.07) is 0. The summed E-state index contributed by atoms with van der Waals surface area (Å²) >= 11 is 0. The molecule has 0 aromatic carbocycles. The van der Waals surface area contributed by atoms with Gasteiger partial charge < -0.3 is 4.52 Å². The zero-order valence-corrected chi connectivity index (χ0v) is 10.6. The van der Waals surface area contributed by atoms with Crippen LogP contribution in [0.15, 0.2) is 0 Å². The Morgan fingerprint density at radius 2 is 2.00 bits per heavy atom. The van der Waals surface area contributed by atoms with E-state index in [1.54, 1.807) is 7.11 Å². The van der Waals surface area contributed by atoms with Crippen molar-refractivity contribution >= 4 is 7.52 Å². The van der Waals surface area contributed by atoms with Gasteiger partial charge in [-0.25, -0.2) is 4.67 Å². The maximum Gasteiger partial charge on any atom is 0.275 e. The molecule has 1 heterocycles. The first-order valence-corrected chi connectivity index (χ1v) is 7.11. The molecule has 3 unspecified atom stereocenters. The quantitative estimate of drug-likeness (QED) is 0.508. The largest absolute Gasteiger partial charge is 0.321 e. The predicted molar refractivity (Wildman–Crippen MR) is 59.7 cm³/mol. The molecule has 0 saturated carbocycles. The summed E-state index contributed by atoms with van der Waals surface area (Å²) in [6.07, 6.45) is 2.28. The highest BCUT2D eigenvalue weighted by Crippen LogP contribution is 2.60. The average molecular weight is 219 g/mol. The van der Waals surface area contributed by atoms with E-state index in [0.29, 0.717) is 5.92 Å². The van der Waals surface area contributed by atoms with Gasteiger partial charge in [0.2, 0.25) is 0 Å². The minimum Gasteiger partial charge on any atom is -0.321 e. The predicted octanol–water partition coefficient (Wildman–Crippen LogP) is 2.97. The zero-order chi connectivity index (χ0) is 10.8. The van der Waals surface area contributed by atoms with E-state index >= 15 is 0 Å². The fraction of sp³-hybridized carbons (Fsp3) is 1.00. The molecule has 1 fully saturated rings. The molecule has 4 heteroatoms. The van der Waals surface area contributed by atoms with Gasteiger partial charge in [0.1, 0.15) is 0 Å². The third kappa shape index (κ3) is 2.39.